The Labute approximate surface area is 98.6 Å². The third-order valence-electron chi connectivity index (χ3n) is 3.29. The molecule has 0 radical (unpaired) electrons. The first-order chi connectivity index (χ1) is 7.95. The monoisotopic (exact) mass is 237 g/mol. The number of hydrogen-bond donors (Lipinski definition) is 2. The second-order valence-electron chi connectivity index (χ2n) is 4.49. The number of nitrogens with one attached hydrogen (secondary N) is 1. The Morgan fingerprint density at radius 2 is 2.18 bits per heavy atom. The predicted octanol–water partition coefficient (Wildman–Crippen LogP) is 0.922. The molecule has 1 saturated carbocycles. The van der Waals surface area contributed by atoms with Crippen LogP contribution in [0.4, 0.5) is 5.82 Å². The topological polar surface area (TPSA) is 84.2 Å². The van der Waals surface area contributed by atoms with Gasteiger partial charge in [-0.3, -0.25) is 14.3 Å². The molecule has 0 aromatic carbocycles. The van der Waals surface area contributed by atoms with Crippen molar-refractivity contribution in [3.05, 3.63) is 11.8 Å². The van der Waals surface area contributed by atoms with Crippen LogP contribution in [0.5, 0.6) is 0 Å². The first-order valence-corrected chi connectivity index (χ1v) is 5.51. The van der Waals surface area contributed by atoms with Crippen molar-refractivity contribution in [2.24, 2.45) is 12.5 Å². The first kappa shape index (κ1) is 11.6. The van der Waals surface area contributed by atoms with E-state index in [0.29, 0.717) is 18.7 Å². The van der Waals surface area contributed by atoms with E-state index in [0.717, 1.165) is 12.1 Å². The van der Waals surface area contributed by atoms with Gasteiger partial charge in [-0.05, 0) is 19.8 Å². The molecule has 1 aliphatic carbocycles. The Bertz CT molecular complexity index is 474. The number of aromatic nitrogens is 2. The number of nitrogens with zero attached hydrogens (tertiary/aromatic N) is 2. The molecular weight excluding hydrogens is 222 g/mol. The molecular formula is C11H15N3O3. The van der Waals surface area contributed by atoms with E-state index < -0.39 is 17.3 Å². The molecule has 0 unspecified atom stereocenters. The van der Waals surface area contributed by atoms with E-state index in [1.54, 1.807) is 13.1 Å². The summed E-state index contributed by atoms with van der Waals surface area (Å²) in [6.07, 6.45) is 1.60. The second kappa shape index (κ2) is 3.87. The molecule has 17 heavy (non-hydrogen) atoms. The van der Waals surface area contributed by atoms with E-state index in [1.807, 2.05) is 6.92 Å². The van der Waals surface area contributed by atoms with Gasteiger partial charge in [-0.15, -0.1) is 0 Å². The Kier molecular flexibility index (Phi) is 2.65. The Hall–Kier alpha value is -1.85. The fraction of sp³-hybridized carbons (Fsp3) is 0.545. The maximum atomic E-state index is 12.0. The number of carboxylic acid groups (broad SMARTS) is 1. The van der Waals surface area contributed by atoms with Crippen LogP contribution in [0.15, 0.2) is 6.07 Å². The minimum absolute atomic E-state index is 0.408. The van der Waals surface area contributed by atoms with Gasteiger partial charge in [0.1, 0.15) is 11.2 Å². The molecule has 1 heterocycles. The molecule has 6 heteroatoms. The highest BCUT2D eigenvalue weighted by Crippen LogP contribution is 2.42. The Morgan fingerprint density at radius 1 is 1.53 bits per heavy atom. The minimum atomic E-state index is -1.24. The lowest BCUT2D eigenvalue weighted by molar-refractivity contribution is -0.159. The van der Waals surface area contributed by atoms with Crippen LogP contribution in [0.2, 0.25) is 0 Å². The largest absolute Gasteiger partial charge is 0.480 e. The standard InChI is InChI=1S/C11H15N3O3/c1-7-6-8(14(2)13-7)12-9(15)11(10(16)17)4-3-5-11/h6H,3-5H2,1-2H3,(H,12,15)(H,16,17). The maximum Gasteiger partial charge on any atom is 0.319 e. The molecule has 0 atom stereocenters. The molecule has 1 fully saturated rings. The van der Waals surface area contributed by atoms with Gasteiger partial charge in [-0.2, -0.15) is 5.10 Å². The van der Waals surface area contributed by atoms with E-state index in [4.69, 9.17) is 5.11 Å². The quantitative estimate of drug-likeness (QED) is 0.766. The zero-order chi connectivity index (χ0) is 12.6. The van der Waals surface area contributed by atoms with Gasteiger partial charge >= 0.3 is 5.97 Å². The van der Waals surface area contributed by atoms with Crippen LogP contribution in [0.3, 0.4) is 0 Å². The lowest BCUT2D eigenvalue weighted by Gasteiger charge is -2.35. The minimum Gasteiger partial charge on any atom is -0.480 e. The molecule has 0 aliphatic heterocycles. The lowest BCUT2D eigenvalue weighted by Crippen LogP contribution is -2.48. The summed E-state index contributed by atoms with van der Waals surface area (Å²) in [5.74, 6) is -0.959. The highest BCUT2D eigenvalue weighted by atomic mass is 16.4. The van der Waals surface area contributed by atoms with Crippen molar-refractivity contribution in [3.8, 4) is 0 Å². The van der Waals surface area contributed by atoms with Gasteiger partial charge in [0, 0.05) is 13.1 Å². The summed E-state index contributed by atoms with van der Waals surface area (Å²) >= 11 is 0. The van der Waals surface area contributed by atoms with Crippen LogP contribution < -0.4 is 5.32 Å². The van der Waals surface area contributed by atoms with E-state index in [2.05, 4.69) is 10.4 Å². The molecule has 2 N–H and O–H groups in total. The van der Waals surface area contributed by atoms with Crippen molar-refractivity contribution in [1.29, 1.82) is 0 Å². The number of hydrogen-bond acceptors (Lipinski definition) is 3. The van der Waals surface area contributed by atoms with Crippen molar-refractivity contribution >= 4 is 17.7 Å². The molecule has 2 rings (SSSR count). The summed E-state index contributed by atoms with van der Waals surface area (Å²) in [6, 6.07) is 1.71. The lowest BCUT2D eigenvalue weighted by atomic mass is 9.68. The van der Waals surface area contributed by atoms with Crippen LogP contribution in [-0.2, 0) is 16.6 Å². The summed E-state index contributed by atoms with van der Waals surface area (Å²) in [6.45, 7) is 1.81. The van der Waals surface area contributed by atoms with E-state index in [9.17, 15) is 9.59 Å². The number of aryl methyl sites for hydroxylation is 2. The van der Waals surface area contributed by atoms with Crippen molar-refractivity contribution in [2.45, 2.75) is 26.2 Å². The van der Waals surface area contributed by atoms with Crippen molar-refractivity contribution < 1.29 is 14.7 Å². The van der Waals surface area contributed by atoms with Crippen molar-refractivity contribution in [1.82, 2.24) is 9.78 Å². The number of anilines is 1. The fourth-order valence-electron chi connectivity index (χ4n) is 2.03. The maximum absolute atomic E-state index is 12.0. The van der Waals surface area contributed by atoms with Gasteiger partial charge in [0.2, 0.25) is 5.91 Å². The number of amides is 1. The number of carboxylic acids is 1. The molecule has 92 valence electrons. The third kappa shape index (κ3) is 1.79. The summed E-state index contributed by atoms with van der Waals surface area (Å²) in [7, 11) is 1.71. The van der Waals surface area contributed by atoms with Crippen molar-refractivity contribution in [3.63, 3.8) is 0 Å². The molecule has 1 aromatic heterocycles. The highest BCUT2D eigenvalue weighted by Gasteiger charge is 2.51. The van der Waals surface area contributed by atoms with Crippen LogP contribution in [-0.4, -0.2) is 26.8 Å². The van der Waals surface area contributed by atoms with Crippen LogP contribution >= 0.6 is 0 Å². The Morgan fingerprint density at radius 3 is 2.53 bits per heavy atom. The van der Waals surface area contributed by atoms with Crippen LogP contribution in [0.1, 0.15) is 25.0 Å². The molecule has 1 amide bonds. The number of aliphatic carboxylic acids is 1. The van der Waals surface area contributed by atoms with Gasteiger partial charge in [-0.1, -0.05) is 6.42 Å². The highest BCUT2D eigenvalue weighted by molar-refractivity contribution is 6.08. The zero-order valence-electron chi connectivity index (χ0n) is 9.86. The Balaban J connectivity index is 2.16. The fourth-order valence-corrected chi connectivity index (χ4v) is 2.03. The number of carbonyl (C=O) groups is 2. The molecule has 0 saturated heterocycles. The molecule has 0 spiro atoms. The van der Waals surface area contributed by atoms with Gasteiger partial charge in [0.15, 0.2) is 0 Å². The van der Waals surface area contributed by atoms with Crippen LogP contribution in [0.25, 0.3) is 0 Å². The molecule has 0 bridgehead atoms. The van der Waals surface area contributed by atoms with Crippen LogP contribution in [0, 0.1) is 12.3 Å². The van der Waals surface area contributed by atoms with E-state index >= 15 is 0 Å². The molecule has 6 nitrogen and oxygen atoms in total. The summed E-state index contributed by atoms with van der Waals surface area (Å²) in [4.78, 5) is 23.1. The van der Waals surface area contributed by atoms with Gasteiger partial charge in [0.25, 0.3) is 0 Å². The van der Waals surface area contributed by atoms with Gasteiger partial charge in [0.05, 0.1) is 5.69 Å². The summed E-state index contributed by atoms with van der Waals surface area (Å²) < 4.78 is 1.53. The number of rotatable bonds is 3. The van der Waals surface area contributed by atoms with Gasteiger partial charge < -0.3 is 10.4 Å². The zero-order valence-corrected chi connectivity index (χ0v) is 9.86. The predicted molar refractivity (Wildman–Crippen MR) is 60.5 cm³/mol. The second-order valence-corrected chi connectivity index (χ2v) is 4.49. The SMILES string of the molecule is Cc1cc(NC(=O)C2(C(=O)O)CCC2)n(C)n1. The van der Waals surface area contributed by atoms with Gasteiger partial charge in [-0.25, -0.2) is 0 Å². The molecule has 1 aromatic rings. The third-order valence-corrected chi connectivity index (χ3v) is 3.29. The average molecular weight is 237 g/mol. The summed E-state index contributed by atoms with van der Waals surface area (Å²) in [5.41, 5.74) is -0.459. The van der Waals surface area contributed by atoms with Crippen molar-refractivity contribution in [2.75, 3.05) is 5.32 Å². The first-order valence-electron chi connectivity index (χ1n) is 5.51. The molecule has 1 aliphatic rings. The van der Waals surface area contributed by atoms with E-state index in [-0.39, 0.29) is 0 Å². The number of carbonyl (C=O) groups excluding carboxylic acids is 1. The average Bonchev–Trinajstić information content (AvgIpc) is 2.42. The smallest absolute Gasteiger partial charge is 0.319 e. The summed E-state index contributed by atoms with van der Waals surface area (Å²) in [5, 5.41) is 15.8. The van der Waals surface area contributed by atoms with E-state index in [1.165, 1.54) is 4.68 Å². The normalized spacial score (nSPS) is 17.3.